The topological polar surface area (TPSA) is 45.5 Å². The van der Waals surface area contributed by atoms with Crippen LogP contribution in [0, 0.1) is 19.8 Å². The molecule has 0 radical (unpaired) electrons. The number of rotatable bonds is 4. The van der Waals surface area contributed by atoms with Crippen LogP contribution in [0.1, 0.15) is 46.4 Å². The van der Waals surface area contributed by atoms with Gasteiger partial charge in [0.1, 0.15) is 0 Å². The third-order valence-corrected chi connectivity index (χ3v) is 6.07. The van der Waals surface area contributed by atoms with Crippen LogP contribution in [0.3, 0.4) is 0 Å². The van der Waals surface area contributed by atoms with Crippen molar-refractivity contribution in [1.82, 2.24) is 9.47 Å². The van der Waals surface area contributed by atoms with E-state index in [1.165, 1.54) is 4.88 Å². The second kappa shape index (κ2) is 7.11. The molecular weight excluding hydrogens is 320 g/mol. The van der Waals surface area contributed by atoms with Gasteiger partial charge in [0.2, 0.25) is 0 Å². The quantitative estimate of drug-likeness (QED) is 0.922. The van der Waals surface area contributed by atoms with Gasteiger partial charge in [-0.2, -0.15) is 0 Å². The van der Waals surface area contributed by atoms with E-state index in [1.54, 1.807) is 11.3 Å². The van der Waals surface area contributed by atoms with Crippen molar-refractivity contribution in [2.75, 3.05) is 13.1 Å². The lowest BCUT2D eigenvalue weighted by Gasteiger charge is -2.33. The van der Waals surface area contributed by atoms with Crippen molar-refractivity contribution < 1.29 is 9.90 Å². The van der Waals surface area contributed by atoms with Crippen molar-refractivity contribution in [3.05, 3.63) is 45.4 Å². The minimum Gasteiger partial charge on any atom is -0.393 e. The summed E-state index contributed by atoms with van der Waals surface area (Å²) in [6, 6.07) is 6.21. The lowest BCUT2D eigenvalue weighted by atomic mass is 9.92. The van der Waals surface area contributed by atoms with E-state index in [2.05, 4.69) is 29.0 Å². The molecule has 1 aliphatic rings. The third kappa shape index (κ3) is 3.42. The molecule has 0 spiro atoms. The van der Waals surface area contributed by atoms with Gasteiger partial charge >= 0.3 is 0 Å². The number of likely N-dealkylation sites (tertiary alicyclic amines) is 1. The molecule has 2 aromatic rings. The number of aromatic nitrogens is 1. The molecule has 3 rings (SSSR count). The van der Waals surface area contributed by atoms with Gasteiger partial charge in [-0.1, -0.05) is 6.07 Å². The molecule has 1 fully saturated rings. The van der Waals surface area contributed by atoms with E-state index in [-0.39, 0.29) is 12.0 Å². The molecule has 0 aromatic carbocycles. The Bertz CT molecular complexity index is 695. The number of hydrogen-bond acceptors (Lipinski definition) is 3. The molecule has 1 N–H and O–H groups in total. The molecule has 1 amide bonds. The first-order valence-electron chi connectivity index (χ1n) is 8.64. The van der Waals surface area contributed by atoms with Crippen molar-refractivity contribution in [3.8, 4) is 0 Å². The van der Waals surface area contributed by atoms with Crippen LogP contribution >= 0.6 is 11.3 Å². The molecule has 1 atom stereocenters. The van der Waals surface area contributed by atoms with Crippen LogP contribution in [0.2, 0.25) is 0 Å². The molecule has 0 saturated carbocycles. The second-order valence-electron chi connectivity index (χ2n) is 6.82. The smallest absolute Gasteiger partial charge is 0.255 e. The lowest BCUT2D eigenvalue weighted by Crippen LogP contribution is -2.40. The maximum Gasteiger partial charge on any atom is 0.255 e. The first kappa shape index (κ1) is 17.2. The average molecular weight is 346 g/mol. The Kier molecular flexibility index (Phi) is 5.11. The Morgan fingerprint density at radius 1 is 1.38 bits per heavy atom. The number of thiophene rings is 1. The van der Waals surface area contributed by atoms with Gasteiger partial charge in [0, 0.05) is 29.4 Å². The van der Waals surface area contributed by atoms with E-state index < -0.39 is 0 Å². The van der Waals surface area contributed by atoms with Crippen molar-refractivity contribution in [2.45, 2.75) is 46.3 Å². The van der Waals surface area contributed by atoms with Gasteiger partial charge in [-0.15, -0.1) is 11.3 Å². The van der Waals surface area contributed by atoms with Gasteiger partial charge in [0.05, 0.1) is 18.2 Å². The summed E-state index contributed by atoms with van der Waals surface area (Å²) in [6.07, 6.45) is 1.49. The summed E-state index contributed by atoms with van der Waals surface area (Å²) in [4.78, 5) is 16.2. The summed E-state index contributed by atoms with van der Waals surface area (Å²) in [5.74, 6) is 0.449. The number of aryl methyl sites for hydroxylation is 1. The molecule has 3 heterocycles. The van der Waals surface area contributed by atoms with E-state index >= 15 is 0 Å². The molecule has 2 aromatic heterocycles. The Morgan fingerprint density at radius 2 is 2.08 bits per heavy atom. The zero-order valence-corrected chi connectivity index (χ0v) is 15.5. The summed E-state index contributed by atoms with van der Waals surface area (Å²) >= 11 is 1.74. The van der Waals surface area contributed by atoms with E-state index in [9.17, 15) is 9.90 Å². The number of carbonyl (C=O) groups excluding carboxylic acids is 1. The zero-order valence-electron chi connectivity index (χ0n) is 14.7. The van der Waals surface area contributed by atoms with Crippen molar-refractivity contribution >= 4 is 17.2 Å². The van der Waals surface area contributed by atoms with Crippen LogP contribution in [0.25, 0.3) is 0 Å². The van der Waals surface area contributed by atoms with E-state index in [0.29, 0.717) is 5.92 Å². The standard InChI is InChI=1S/C19H26N2O2S/c1-13-11-18(14(2)21(13)12-17-5-4-10-24-17)19(23)20-8-6-16(7-9-20)15(3)22/h4-5,10-11,15-16,22H,6-9,12H2,1-3H3. The van der Waals surface area contributed by atoms with Gasteiger partial charge in [-0.05, 0) is 57.0 Å². The number of aliphatic hydroxyl groups is 1. The van der Waals surface area contributed by atoms with E-state index in [4.69, 9.17) is 0 Å². The third-order valence-electron chi connectivity index (χ3n) is 5.21. The van der Waals surface area contributed by atoms with Crippen LogP contribution in [0.5, 0.6) is 0 Å². The minimum atomic E-state index is -0.280. The molecule has 5 heteroatoms. The van der Waals surface area contributed by atoms with Gasteiger partial charge in [0.15, 0.2) is 0 Å². The highest BCUT2D eigenvalue weighted by Crippen LogP contribution is 2.25. The SMILES string of the molecule is Cc1cc(C(=O)N2CCC(C(C)O)CC2)c(C)n1Cc1cccs1. The zero-order chi connectivity index (χ0) is 17.3. The predicted octanol–water partition coefficient (Wildman–Crippen LogP) is 3.45. The summed E-state index contributed by atoms with van der Waals surface area (Å²) in [6.45, 7) is 8.26. The minimum absolute atomic E-state index is 0.129. The fourth-order valence-electron chi connectivity index (χ4n) is 3.57. The normalized spacial score (nSPS) is 17.2. The van der Waals surface area contributed by atoms with E-state index in [1.807, 2.05) is 24.8 Å². The van der Waals surface area contributed by atoms with Crippen LogP contribution in [0.4, 0.5) is 0 Å². The number of nitrogens with zero attached hydrogens (tertiary/aromatic N) is 2. The van der Waals surface area contributed by atoms with Crippen molar-refractivity contribution in [3.63, 3.8) is 0 Å². The predicted molar refractivity (Wildman–Crippen MR) is 97.6 cm³/mol. The number of piperidine rings is 1. The van der Waals surface area contributed by atoms with Crippen LogP contribution < -0.4 is 0 Å². The monoisotopic (exact) mass is 346 g/mol. The maximum atomic E-state index is 12.9. The largest absolute Gasteiger partial charge is 0.393 e. The fourth-order valence-corrected chi connectivity index (χ4v) is 4.27. The second-order valence-corrected chi connectivity index (χ2v) is 7.85. The van der Waals surface area contributed by atoms with E-state index in [0.717, 1.165) is 49.4 Å². The van der Waals surface area contributed by atoms with Gasteiger partial charge in [-0.3, -0.25) is 4.79 Å². The van der Waals surface area contributed by atoms with Gasteiger partial charge in [-0.25, -0.2) is 0 Å². The Hall–Kier alpha value is -1.59. The number of carbonyl (C=O) groups is 1. The maximum absolute atomic E-state index is 12.9. The molecule has 1 unspecified atom stereocenters. The van der Waals surface area contributed by atoms with Crippen LogP contribution in [-0.4, -0.2) is 39.7 Å². The molecule has 24 heavy (non-hydrogen) atoms. The van der Waals surface area contributed by atoms with Crippen LogP contribution in [0.15, 0.2) is 23.6 Å². The highest BCUT2D eigenvalue weighted by molar-refractivity contribution is 7.09. The fraction of sp³-hybridized carbons (Fsp3) is 0.526. The van der Waals surface area contributed by atoms with Crippen molar-refractivity contribution in [1.29, 1.82) is 0 Å². The molecule has 1 saturated heterocycles. The first-order valence-corrected chi connectivity index (χ1v) is 9.51. The average Bonchev–Trinajstić information content (AvgIpc) is 3.18. The first-order chi connectivity index (χ1) is 11.5. The summed E-state index contributed by atoms with van der Waals surface area (Å²) < 4.78 is 2.22. The molecular formula is C19H26N2O2S. The highest BCUT2D eigenvalue weighted by atomic mass is 32.1. The molecule has 130 valence electrons. The summed E-state index contributed by atoms with van der Waals surface area (Å²) in [7, 11) is 0. The Labute approximate surface area is 147 Å². The Morgan fingerprint density at radius 3 is 2.67 bits per heavy atom. The number of hydrogen-bond donors (Lipinski definition) is 1. The number of aliphatic hydroxyl groups excluding tert-OH is 1. The summed E-state index contributed by atoms with van der Waals surface area (Å²) in [5, 5.41) is 11.8. The van der Waals surface area contributed by atoms with Gasteiger partial charge in [0.25, 0.3) is 5.91 Å². The summed E-state index contributed by atoms with van der Waals surface area (Å²) in [5.41, 5.74) is 2.99. The molecule has 0 bridgehead atoms. The van der Waals surface area contributed by atoms with Gasteiger partial charge < -0.3 is 14.6 Å². The van der Waals surface area contributed by atoms with Crippen molar-refractivity contribution in [2.24, 2.45) is 5.92 Å². The number of amides is 1. The van der Waals surface area contributed by atoms with Crippen LogP contribution in [-0.2, 0) is 6.54 Å². The molecule has 1 aliphatic heterocycles. The molecule has 0 aliphatic carbocycles. The Balaban J connectivity index is 1.74. The highest BCUT2D eigenvalue weighted by Gasteiger charge is 2.27. The molecule has 4 nitrogen and oxygen atoms in total. The lowest BCUT2D eigenvalue weighted by molar-refractivity contribution is 0.0521.